The van der Waals surface area contributed by atoms with Gasteiger partial charge in [0.05, 0.1) is 11.0 Å². The summed E-state index contributed by atoms with van der Waals surface area (Å²) < 4.78 is 26.6. The van der Waals surface area contributed by atoms with E-state index in [1.165, 1.54) is 4.31 Å². The van der Waals surface area contributed by atoms with Crippen molar-refractivity contribution in [2.75, 3.05) is 13.1 Å². The van der Waals surface area contributed by atoms with Crippen molar-refractivity contribution in [2.45, 2.75) is 38.2 Å². The van der Waals surface area contributed by atoms with E-state index in [1.807, 2.05) is 0 Å². The summed E-state index contributed by atoms with van der Waals surface area (Å²) in [5.41, 5.74) is 0.661. The van der Waals surface area contributed by atoms with Gasteiger partial charge in [0.15, 0.2) is 0 Å². The lowest BCUT2D eigenvalue weighted by atomic mass is 9.93. The molecule has 19 heavy (non-hydrogen) atoms. The highest BCUT2D eigenvalue weighted by atomic mass is 32.2. The maximum atomic E-state index is 12.5. The third kappa shape index (κ3) is 2.99. The Labute approximate surface area is 115 Å². The Morgan fingerprint density at radius 3 is 2.58 bits per heavy atom. The van der Waals surface area contributed by atoms with Crippen molar-refractivity contribution in [3.05, 3.63) is 29.8 Å². The quantitative estimate of drug-likeness (QED) is 0.925. The van der Waals surface area contributed by atoms with Crippen LogP contribution in [0.5, 0.6) is 0 Å². The van der Waals surface area contributed by atoms with Crippen LogP contribution < -0.4 is 0 Å². The van der Waals surface area contributed by atoms with Crippen molar-refractivity contribution in [1.82, 2.24) is 4.31 Å². The van der Waals surface area contributed by atoms with E-state index in [1.54, 1.807) is 31.2 Å². The monoisotopic (exact) mass is 283 g/mol. The molecular formula is C14H21NO3S. The Morgan fingerprint density at radius 1 is 1.37 bits per heavy atom. The highest BCUT2D eigenvalue weighted by molar-refractivity contribution is 7.89. The molecule has 1 unspecified atom stereocenters. The van der Waals surface area contributed by atoms with E-state index in [0.717, 1.165) is 6.42 Å². The fraction of sp³-hybridized carbons (Fsp3) is 0.571. The molecule has 1 atom stereocenters. The molecule has 106 valence electrons. The van der Waals surface area contributed by atoms with Gasteiger partial charge in [-0.15, -0.1) is 0 Å². The molecule has 1 fully saturated rings. The molecule has 1 aromatic carbocycles. The predicted octanol–water partition coefficient (Wildman–Crippen LogP) is 2.16. The molecule has 0 bridgehead atoms. The maximum absolute atomic E-state index is 12.5. The van der Waals surface area contributed by atoms with E-state index in [4.69, 9.17) is 0 Å². The number of aliphatic hydroxyl groups excluding tert-OH is 1. The van der Waals surface area contributed by atoms with E-state index in [-0.39, 0.29) is 10.3 Å². The van der Waals surface area contributed by atoms with Gasteiger partial charge < -0.3 is 5.11 Å². The molecule has 1 heterocycles. The van der Waals surface area contributed by atoms with Gasteiger partial charge in [-0.2, -0.15) is 4.31 Å². The first kappa shape index (κ1) is 14.5. The second-order valence-corrected chi connectivity index (χ2v) is 7.94. The molecule has 0 saturated carbocycles. The van der Waals surface area contributed by atoms with Crippen LogP contribution >= 0.6 is 0 Å². The van der Waals surface area contributed by atoms with E-state index < -0.39 is 16.1 Å². The van der Waals surface area contributed by atoms with Crippen LogP contribution in [0.15, 0.2) is 29.2 Å². The SMILES string of the molecule is CC(O)c1cccc(S(=O)(=O)N2CCC(C)(C)C2)c1. The first-order valence-corrected chi connectivity index (χ1v) is 7.95. The van der Waals surface area contributed by atoms with Gasteiger partial charge >= 0.3 is 0 Å². The predicted molar refractivity (Wildman–Crippen MR) is 74.2 cm³/mol. The first-order chi connectivity index (χ1) is 8.72. The zero-order chi connectivity index (χ0) is 14.3. The molecule has 0 aliphatic carbocycles. The summed E-state index contributed by atoms with van der Waals surface area (Å²) in [7, 11) is -3.44. The number of benzene rings is 1. The molecule has 1 N–H and O–H groups in total. The standard InChI is InChI=1S/C14H21NO3S/c1-11(16)12-5-4-6-13(9-12)19(17,18)15-8-7-14(2,3)10-15/h4-6,9,11,16H,7-8,10H2,1-3H3. The minimum atomic E-state index is -3.44. The number of hydrogen-bond donors (Lipinski definition) is 1. The molecule has 0 radical (unpaired) electrons. The zero-order valence-corrected chi connectivity index (χ0v) is 12.4. The van der Waals surface area contributed by atoms with Crippen LogP contribution in [0.1, 0.15) is 38.9 Å². The Kier molecular flexibility index (Phi) is 3.73. The number of nitrogens with zero attached hydrogens (tertiary/aromatic N) is 1. The van der Waals surface area contributed by atoms with Crippen molar-refractivity contribution < 1.29 is 13.5 Å². The van der Waals surface area contributed by atoms with Crippen LogP contribution in [-0.2, 0) is 10.0 Å². The number of aliphatic hydroxyl groups is 1. The summed E-state index contributed by atoms with van der Waals surface area (Å²) in [4.78, 5) is 0.267. The van der Waals surface area contributed by atoms with Crippen molar-refractivity contribution in [3.63, 3.8) is 0 Å². The van der Waals surface area contributed by atoms with Crippen molar-refractivity contribution in [1.29, 1.82) is 0 Å². The van der Waals surface area contributed by atoms with Gasteiger partial charge in [-0.1, -0.05) is 26.0 Å². The Balaban J connectivity index is 2.33. The maximum Gasteiger partial charge on any atom is 0.243 e. The second-order valence-electron chi connectivity index (χ2n) is 6.00. The fourth-order valence-corrected chi connectivity index (χ4v) is 4.04. The lowest BCUT2D eigenvalue weighted by Gasteiger charge is -2.20. The molecule has 1 aromatic rings. The zero-order valence-electron chi connectivity index (χ0n) is 11.6. The topological polar surface area (TPSA) is 57.6 Å². The fourth-order valence-electron chi connectivity index (χ4n) is 2.35. The van der Waals surface area contributed by atoms with E-state index in [2.05, 4.69) is 13.8 Å². The molecule has 1 saturated heterocycles. The van der Waals surface area contributed by atoms with E-state index in [0.29, 0.717) is 18.7 Å². The Hall–Kier alpha value is -0.910. The average Bonchev–Trinajstić information content (AvgIpc) is 2.70. The average molecular weight is 283 g/mol. The van der Waals surface area contributed by atoms with Crippen LogP contribution in [0.3, 0.4) is 0 Å². The van der Waals surface area contributed by atoms with Gasteiger partial charge in [0, 0.05) is 13.1 Å². The molecular weight excluding hydrogens is 262 g/mol. The summed E-state index contributed by atoms with van der Waals surface area (Å²) in [6.07, 6.45) is 0.215. The van der Waals surface area contributed by atoms with Crippen LogP contribution in [0.25, 0.3) is 0 Å². The summed E-state index contributed by atoms with van der Waals surface area (Å²) in [5, 5.41) is 9.55. The van der Waals surface area contributed by atoms with Gasteiger partial charge in [0.25, 0.3) is 0 Å². The Bertz CT molecular complexity index is 564. The van der Waals surface area contributed by atoms with Crippen LogP contribution in [0.2, 0.25) is 0 Å². The first-order valence-electron chi connectivity index (χ1n) is 6.51. The van der Waals surface area contributed by atoms with E-state index in [9.17, 15) is 13.5 Å². The molecule has 0 aromatic heterocycles. The van der Waals surface area contributed by atoms with Gasteiger partial charge in [-0.3, -0.25) is 0 Å². The van der Waals surface area contributed by atoms with Gasteiger partial charge in [-0.25, -0.2) is 8.42 Å². The van der Waals surface area contributed by atoms with Crippen LogP contribution in [0.4, 0.5) is 0 Å². The molecule has 2 rings (SSSR count). The number of sulfonamides is 1. The molecule has 1 aliphatic rings. The summed E-state index contributed by atoms with van der Waals surface area (Å²) in [5.74, 6) is 0. The number of rotatable bonds is 3. The van der Waals surface area contributed by atoms with Crippen molar-refractivity contribution in [3.8, 4) is 0 Å². The molecule has 5 heteroatoms. The smallest absolute Gasteiger partial charge is 0.243 e. The van der Waals surface area contributed by atoms with Crippen molar-refractivity contribution in [2.24, 2.45) is 5.41 Å². The normalized spacial score (nSPS) is 21.5. The van der Waals surface area contributed by atoms with Crippen LogP contribution in [0, 0.1) is 5.41 Å². The summed E-state index contributed by atoms with van der Waals surface area (Å²) in [6.45, 7) is 6.90. The van der Waals surface area contributed by atoms with Crippen LogP contribution in [-0.4, -0.2) is 30.9 Å². The van der Waals surface area contributed by atoms with Gasteiger partial charge in [0.2, 0.25) is 10.0 Å². The summed E-state index contributed by atoms with van der Waals surface area (Å²) in [6, 6.07) is 6.56. The van der Waals surface area contributed by atoms with Gasteiger partial charge in [-0.05, 0) is 36.5 Å². The molecule has 4 nitrogen and oxygen atoms in total. The van der Waals surface area contributed by atoms with Crippen molar-refractivity contribution >= 4 is 10.0 Å². The third-order valence-electron chi connectivity index (χ3n) is 3.62. The molecule has 1 aliphatic heterocycles. The molecule has 0 amide bonds. The lowest BCUT2D eigenvalue weighted by Crippen LogP contribution is -2.30. The minimum absolute atomic E-state index is 0.0367. The lowest BCUT2D eigenvalue weighted by molar-refractivity contribution is 0.199. The highest BCUT2D eigenvalue weighted by Crippen LogP contribution is 2.33. The summed E-state index contributed by atoms with van der Waals surface area (Å²) >= 11 is 0. The highest BCUT2D eigenvalue weighted by Gasteiger charge is 2.36. The van der Waals surface area contributed by atoms with E-state index >= 15 is 0 Å². The Morgan fingerprint density at radius 2 is 2.05 bits per heavy atom. The number of hydrogen-bond acceptors (Lipinski definition) is 3. The minimum Gasteiger partial charge on any atom is -0.389 e. The largest absolute Gasteiger partial charge is 0.389 e. The third-order valence-corrected chi connectivity index (χ3v) is 5.46. The second kappa shape index (κ2) is 4.89. The van der Waals surface area contributed by atoms with Gasteiger partial charge in [0.1, 0.15) is 0 Å². The molecule has 0 spiro atoms.